The molecule has 0 spiro atoms. The Morgan fingerprint density at radius 1 is 0.923 bits per heavy atom. The lowest BCUT2D eigenvalue weighted by Crippen LogP contribution is -2.30. The fourth-order valence-electron chi connectivity index (χ4n) is 2.75. The zero-order valence-electron chi connectivity index (χ0n) is 16.7. The average Bonchev–Trinajstić information content (AvgIpc) is 2.62. The van der Waals surface area contributed by atoms with E-state index in [1.54, 1.807) is 0 Å². The van der Waals surface area contributed by atoms with Gasteiger partial charge >= 0.3 is 5.97 Å². The fraction of sp³-hybridized carbons (Fsp3) is 0.810. The second-order valence-electron chi connectivity index (χ2n) is 7.06. The monoisotopic (exact) mass is 368 g/mol. The Kier molecular flexibility index (Phi) is 17.5. The molecule has 1 atom stereocenters. The molecule has 0 aromatic rings. The highest BCUT2D eigenvalue weighted by atomic mass is 16.4. The maximum absolute atomic E-state index is 11.7. The molecule has 26 heavy (non-hydrogen) atoms. The van der Waals surface area contributed by atoms with Crippen molar-refractivity contribution in [2.45, 2.75) is 103 Å². The molecule has 0 fully saturated rings. The molecular weight excluding hydrogens is 328 g/mol. The molecule has 0 saturated heterocycles. The van der Waals surface area contributed by atoms with Crippen molar-refractivity contribution in [3.8, 4) is 0 Å². The van der Waals surface area contributed by atoms with E-state index in [0.29, 0.717) is 19.4 Å². The number of rotatable bonds is 18. The first-order valence-corrected chi connectivity index (χ1v) is 10.5. The number of hydrogen-bond donors (Lipinski definition) is 3. The molecule has 4 N–H and O–H groups in total. The summed E-state index contributed by atoms with van der Waals surface area (Å²) >= 11 is 0. The first kappa shape index (κ1) is 24.6. The van der Waals surface area contributed by atoms with Crippen molar-refractivity contribution >= 4 is 11.9 Å². The van der Waals surface area contributed by atoms with Crippen LogP contribution >= 0.6 is 0 Å². The van der Waals surface area contributed by atoms with Gasteiger partial charge in [-0.3, -0.25) is 9.59 Å². The Labute approximate surface area is 159 Å². The van der Waals surface area contributed by atoms with Crippen LogP contribution in [0.2, 0.25) is 0 Å². The summed E-state index contributed by atoms with van der Waals surface area (Å²) in [6.45, 7) is 2.84. The minimum atomic E-state index is -0.961. The lowest BCUT2D eigenvalue weighted by atomic mass is 10.1. The Hall–Kier alpha value is -1.36. The normalized spacial score (nSPS) is 12.4. The lowest BCUT2D eigenvalue weighted by Gasteiger charge is -2.07. The molecule has 0 rings (SSSR count). The number of nitrogens with one attached hydrogen (secondary N) is 1. The van der Waals surface area contributed by atoms with Crippen LogP contribution in [0.15, 0.2) is 12.2 Å². The summed E-state index contributed by atoms with van der Waals surface area (Å²) in [5, 5.41) is 11.6. The summed E-state index contributed by atoms with van der Waals surface area (Å²) in [7, 11) is 0. The average molecular weight is 369 g/mol. The zero-order chi connectivity index (χ0) is 19.5. The van der Waals surface area contributed by atoms with Crippen LogP contribution in [0.5, 0.6) is 0 Å². The van der Waals surface area contributed by atoms with Gasteiger partial charge in [0.1, 0.15) is 6.04 Å². The molecule has 0 bridgehead atoms. The van der Waals surface area contributed by atoms with E-state index in [2.05, 4.69) is 24.4 Å². The Morgan fingerprint density at radius 2 is 1.54 bits per heavy atom. The fourth-order valence-corrected chi connectivity index (χ4v) is 2.75. The summed E-state index contributed by atoms with van der Waals surface area (Å²) in [6.07, 6.45) is 19.2. The number of aliphatic carboxylic acids is 1. The summed E-state index contributed by atoms with van der Waals surface area (Å²) < 4.78 is 0. The number of carbonyl (C=O) groups is 2. The van der Waals surface area contributed by atoms with E-state index in [9.17, 15) is 9.59 Å². The SMILES string of the molecule is CCCCC/C=C/CCCCCCCC(=O)NCCCC[C@H](N)C(=O)O. The maximum Gasteiger partial charge on any atom is 0.320 e. The number of carbonyl (C=O) groups excluding carboxylic acids is 1. The third-order valence-corrected chi connectivity index (χ3v) is 4.50. The van der Waals surface area contributed by atoms with Crippen molar-refractivity contribution in [1.29, 1.82) is 0 Å². The van der Waals surface area contributed by atoms with Gasteiger partial charge in [-0.25, -0.2) is 0 Å². The van der Waals surface area contributed by atoms with Crippen molar-refractivity contribution in [3.63, 3.8) is 0 Å². The Balaban J connectivity index is 3.30. The van der Waals surface area contributed by atoms with E-state index in [1.807, 2.05) is 0 Å². The second-order valence-corrected chi connectivity index (χ2v) is 7.06. The maximum atomic E-state index is 11.7. The number of allylic oxidation sites excluding steroid dienone is 2. The van der Waals surface area contributed by atoms with Crippen LogP contribution in [0.3, 0.4) is 0 Å². The van der Waals surface area contributed by atoms with Crippen molar-refractivity contribution < 1.29 is 14.7 Å². The molecule has 0 aromatic carbocycles. The van der Waals surface area contributed by atoms with E-state index in [1.165, 1.54) is 51.4 Å². The number of hydrogen-bond acceptors (Lipinski definition) is 3. The Bertz CT molecular complexity index is 383. The third-order valence-electron chi connectivity index (χ3n) is 4.50. The van der Waals surface area contributed by atoms with E-state index < -0.39 is 12.0 Å². The molecule has 0 aliphatic rings. The van der Waals surface area contributed by atoms with Crippen LogP contribution in [0.1, 0.15) is 96.8 Å². The van der Waals surface area contributed by atoms with Gasteiger partial charge in [-0.2, -0.15) is 0 Å². The van der Waals surface area contributed by atoms with Crippen molar-refractivity contribution in [1.82, 2.24) is 5.32 Å². The smallest absolute Gasteiger partial charge is 0.320 e. The van der Waals surface area contributed by atoms with Gasteiger partial charge in [0.2, 0.25) is 5.91 Å². The first-order valence-electron chi connectivity index (χ1n) is 10.5. The summed E-state index contributed by atoms with van der Waals surface area (Å²) in [4.78, 5) is 22.3. The third kappa shape index (κ3) is 17.5. The van der Waals surface area contributed by atoms with Crippen LogP contribution in [-0.4, -0.2) is 29.6 Å². The topological polar surface area (TPSA) is 92.4 Å². The molecule has 0 aromatic heterocycles. The standard InChI is InChI=1S/C21H40N2O3/c1-2-3-4-5-6-7-8-9-10-11-12-13-17-20(24)23-18-15-14-16-19(22)21(25)26/h6-7,19H,2-5,8-18,22H2,1H3,(H,23,24)(H,25,26)/b7-6+/t19-/m0/s1. The van der Waals surface area contributed by atoms with E-state index in [4.69, 9.17) is 10.8 Å². The highest BCUT2D eigenvalue weighted by Gasteiger charge is 2.10. The molecule has 0 unspecified atom stereocenters. The van der Waals surface area contributed by atoms with Gasteiger partial charge in [0.15, 0.2) is 0 Å². The molecule has 5 nitrogen and oxygen atoms in total. The van der Waals surface area contributed by atoms with E-state index in [0.717, 1.165) is 25.7 Å². The van der Waals surface area contributed by atoms with Gasteiger partial charge < -0.3 is 16.2 Å². The summed E-state index contributed by atoms with van der Waals surface area (Å²) in [5.41, 5.74) is 5.42. The van der Waals surface area contributed by atoms with Crippen LogP contribution in [0.4, 0.5) is 0 Å². The molecule has 5 heteroatoms. The van der Waals surface area contributed by atoms with Gasteiger partial charge in [-0.15, -0.1) is 0 Å². The van der Waals surface area contributed by atoms with Crippen molar-refractivity contribution in [2.24, 2.45) is 5.73 Å². The quantitative estimate of drug-likeness (QED) is 0.244. The van der Waals surface area contributed by atoms with Gasteiger partial charge in [0, 0.05) is 13.0 Å². The van der Waals surface area contributed by atoms with Crippen molar-refractivity contribution in [2.75, 3.05) is 6.54 Å². The molecule has 0 saturated carbocycles. The summed E-state index contributed by atoms with van der Waals surface area (Å²) in [6, 6.07) is -0.790. The second kappa shape index (κ2) is 18.4. The number of unbranched alkanes of at least 4 members (excludes halogenated alkanes) is 9. The van der Waals surface area contributed by atoms with E-state index in [-0.39, 0.29) is 5.91 Å². The molecule has 0 aliphatic carbocycles. The first-order chi connectivity index (χ1) is 12.6. The highest BCUT2D eigenvalue weighted by Crippen LogP contribution is 2.08. The van der Waals surface area contributed by atoms with Crippen LogP contribution in [0.25, 0.3) is 0 Å². The predicted molar refractivity (Wildman–Crippen MR) is 108 cm³/mol. The Morgan fingerprint density at radius 3 is 2.19 bits per heavy atom. The van der Waals surface area contributed by atoms with Crippen molar-refractivity contribution in [3.05, 3.63) is 12.2 Å². The van der Waals surface area contributed by atoms with Crippen LogP contribution < -0.4 is 11.1 Å². The van der Waals surface area contributed by atoms with Gasteiger partial charge in [-0.1, -0.05) is 51.2 Å². The molecular formula is C21H40N2O3. The minimum Gasteiger partial charge on any atom is -0.480 e. The van der Waals surface area contributed by atoms with E-state index >= 15 is 0 Å². The largest absolute Gasteiger partial charge is 0.480 e. The molecule has 0 aliphatic heterocycles. The molecule has 0 radical (unpaired) electrons. The number of carboxylic acids is 1. The number of amides is 1. The number of carboxylic acid groups (broad SMARTS) is 1. The molecule has 1 amide bonds. The minimum absolute atomic E-state index is 0.0996. The highest BCUT2D eigenvalue weighted by molar-refractivity contribution is 5.75. The van der Waals surface area contributed by atoms with Crippen LogP contribution in [-0.2, 0) is 9.59 Å². The number of nitrogens with two attached hydrogens (primary N) is 1. The summed E-state index contributed by atoms with van der Waals surface area (Å²) in [5.74, 6) is -0.862. The molecule has 152 valence electrons. The predicted octanol–water partition coefficient (Wildman–Crippen LogP) is 4.55. The molecule has 0 heterocycles. The van der Waals surface area contributed by atoms with Crippen LogP contribution in [0, 0.1) is 0 Å². The lowest BCUT2D eigenvalue weighted by molar-refractivity contribution is -0.138. The van der Waals surface area contributed by atoms with Gasteiger partial charge in [0.25, 0.3) is 0 Å². The van der Waals surface area contributed by atoms with Gasteiger partial charge in [-0.05, 0) is 51.4 Å². The van der Waals surface area contributed by atoms with Gasteiger partial charge in [0.05, 0.1) is 0 Å². The zero-order valence-corrected chi connectivity index (χ0v) is 16.7.